The molecule has 1 spiro atoms. The zero-order chi connectivity index (χ0) is 16.0. The molecule has 2 aliphatic heterocycles. The van der Waals surface area contributed by atoms with E-state index in [9.17, 15) is 4.79 Å². The van der Waals surface area contributed by atoms with Gasteiger partial charge in [-0.25, -0.2) is 4.79 Å². The highest BCUT2D eigenvalue weighted by Gasteiger charge is 2.50. The Balaban J connectivity index is 1.38. The van der Waals surface area contributed by atoms with Gasteiger partial charge in [-0.3, -0.25) is 0 Å². The van der Waals surface area contributed by atoms with E-state index < -0.39 is 6.09 Å². The van der Waals surface area contributed by atoms with E-state index >= 15 is 0 Å². The van der Waals surface area contributed by atoms with Crippen molar-refractivity contribution in [3.63, 3.8) is 0 Å². The van der Waals surface area contributed by atoms with E-state index in [-0.39, 0.29) is 17.6 Å². The van der Waals surface area contributed by atoms with E-state index in [2.05, 4.69) is 0 Å². The van der Waals surface area contributed by atoms with Crippen molar-refractivity contribution in [1.82, 2.24) is 4.90 Å². The van der Waals surface area contributed by atoms with Crippen LogP contribution in [0.4, 0.5) is 4.79 Å². The number of likely N-dealkylation sites (tertiary alicyclic amines) is 1. The first-order valence-corrected chi connectivity index (χ1v) is 8.19. The van der Waals surface area contributed by atoms with Crippen molar-refractivity contribution in [2.75, 3.05) is 19.7 Å². The van der Waals surface area contributed by atoms with E-state index in [1.807, 2.05) is 18.2 Å². The number of fused-ring (bicyclic) bond motifs is 1. The van der Waals surface area contributed by atoms with Gasteiger partial charge in [0.05, 0.1) is 6.10 Å². The molecule has 1 amide bonds. The molecule has 4 rings (SSSR count). The Morgan fingerprint density at radius 2 is 2.26 bits per heavy atom. The summed E-state index contributed by atoms with van der Waals surface area (Å²) in [5, 5.41) is 8.98. The van der Waals surface area contributed by atoms with Crippen LogP contribution in [-0.4, -0.2) is 47.9 Å². The first-order chi connectivity index (χ1) is 11.0. The zero-order valence-electron chi connectivity index (χ0n) is 13.0. The molecule has 3 N–H and O–H groups in total. The number of carbonyl (C=O) groups is 1. The van der Waals surface area contributed by atoms with Crippen LogP contribution in [0.1, 0.15) is 24.8 Å². The van der Waals surface area contributed by atoms with Gasteiger partial charge in [0.1, 0.15) is 18.1 Å². The lowest BCUT2D eigenvalue weighted by Crippen LogP contribution is -2.57. The molecule has 1 unspecified atom stereocenters. The minimum absolute atomic E-state index is 0.0692. The number of amides is 1. The third-order valence-corrected chi connectivity index (χ3v) is 5.26. The van der Waals surface area contributed by atoms with E-state index in [0.717, 1.165) is 42.7 Å². The summed E-state index contributed by atoms with van der Waals surface area (Å²) in [4.78, 5) is 12.4. The summed E-state index contributed by atoms with van der Waals surface area (Å²) >= 11 is 0. The number of ether oxygens (including phenoxy) is 2. The topological polar surface area (TPSA) is 85.0 Å². The second-order valence-corrected chi connectivity index (χ2v) is 7.17. The summed E-state index contributed by atoms with van der Waals surface area (Å²) in [6.07, 6.45) is 3.14. The molecule has 2 heterocycles. The molecule has 1 saturated heterocycles. The maximum Gasteiger partial charge on any atom is 0.407 e. The molecule has 1 saturated carbocycles. The van der Waals surface area contributed by atoms with Crippen molar-refractivity contribution >= 4 is 6.09 Å². The highest BCUT2D eigenvalue weighted by Crippen LogP contribution is 2.46. The second-order valence-electron chi connectivity index (χ2n) is 7.17. The third kappa shape index (κ3) is 2.72. The van der Waals surface area contributed by atoms with E-state index in [0.29, 0.717) is 19.7 Å². The Bertz CT molecular complexity index is 627. The monoisotopic (exact) mass is 318 g/mol. The lowest BCUT2D eigenvalue weighted by molar-refractivity contribution is 0.00790. The summed E-state index contributed by atoms with van der Waals surface area (Å²) in [7, 11) is 0. The molecule has 2 fully saturated rings. The van der Waals surface area contributed by atoms with Gasteiger partial charge in [0.2, 0.25) is 0 Å². The second kappa shape index (κ2) is 5.30. The van der Waals surface area contributed by atoms with Crippen LogP contribution in [-0.2, 0) is 6.42 Å². The maximum absolute atomic E-state index is 10.9. The Labute approximate surface area is 135 Å². The van der Waals surface area contributed by atoms with Crippen molar-refractivity contribution in [1.29, 1.82) is 0 Å². The van der Waals surface area contributed by atoms with Gasteiger partial charge in [-0.2, -0.15) is 0 Å². The normalized spacial score (nSPS) is 28.0. The van der Waals surface area contributed by atoms with Crippen LogP contribution in [0.2, 0.25) is 0 Å². The van der Waals surface area contributed by atoms with Crippen LogP contribution in [0.5, 0.6) is 11.5 Å². The minimum atomic E-state index is -0.815. The number of nitrogens with zero attached hydrogens (tertiary/aromatic N) is 1. The molecule has 1 aromatic rings. The van der Waals surface area contributed by atoms with E-state index in [1.165, 1.54) is 4.90 Å². The molecule has 0 radical (unpaired) electrons. The fourth-order valence-electron chi connectivity index (χ4n) is 4.08. The van der Waals surface area contributed by atoms with Gasteiger partial charge in [-0.1, -0.05) is 6.07 Å². The number of hydrogen-bond donors (Lipinski definition) is 2. The van der Waals surface area contributed by atoms with Crippen molar-refractivity contribution in [2.45, 2.75) is 37.8 Å². The van der Waals surface area contributed by atoms with Gasteiger partial charge >= 0.3 is 6.09 Å². The van der Waals surface area contributed by atoms with Gasteiger partial charge in [-0.05, 0) is 37.3 Å². The minimum Gasteiger partial charge on any atom is -0.492 e. The Hall–Kier alpha value is -1.95. The lowest BCUT2D eigenvalue weighted by Gasteiger charge is -2.46. The lowest BCUT2D eigenvalue weighted by atomic mass is 9.78. The summed E-state index contributed by atoms with van der Waals surface area (Å²) in [6.45, 7) is 1.84. The molecule has 3 aliphatic rings. The maximum atomic E-state index is 10.9. The van der Waals surface area contributed by atoms with Crippen LogP contribution in [0.3, 0.4) is 0 Å². The van der Waals surface area contributed by atoms with E-state index in [4.69, 9.17) is 20.3 Å². The van der Waals surface area contributed by atoms with Crippen molar-refractivity contribution < 1.29 is 19.4 Å². The Morgan fingerprint density at radius 1 is 1.43 bits per heavy atom. The predicted molar refractivity (Wildman–Crippen MR) is 83.9 cm³/mol. The molecule has 0 aromatic heterocycles. The quantitative estimate of drug-likeness (QED) is 0.869. The molecule has 6 heteroatoms. The number of benzene rings is 1. The smallest absolute Gasteiger partial charge is 0.407 e. The number of hydrogen-bond acceptors (Lipinski definition) is 4. The van der Waals surface area contributed by atoms with Gasteiger partial charge in [0.15, 0.2) is 0 Å². The molecule has 0 bridgehead atoms. The van der Waals surface area contributed by atoms with Crippen LogP contribution in [0.25, 0.3) is 0 Å². The van der Waals surface area contributed by atoms with Crippen LogP contribution in [0.15, 0.2) is 18.2 Å². The Morgan fingerprint density at radius 3 is 3.04 bits per heavy atom. The fraction of sp³-hybridized carbons (Fsp3) is 0.588. The first-order valence-electron chi connectivity index (χ1n) is 8.19. The summed E-state index contributed by atoms with van der Waals surface area (Å²) in [6, 6.07) is 6.04. The van der Waals surface area contributed by atoms with E-state index in [1.54, 1.807) is 0 Å². The standard InChI is InChI=1S/C17H22N2O4/c18-12-5-11-1-2-13(6-15(11)22-8-12)23-14-3-4-17(7-14)9-19(10-17)16(20)21/h1-2,6,12,14H,3-5,7-10,18H2,(H,20,21)/t12-,14?/m1/s1. The molecular weight excluding hydrogens is 296 g/mol. The third-order valence-electron chi connectivity index (χ3n) is 5.26. The number of carboxylic acid groups (broad SMARTS) is 1. The average Bonchev–Trinajstić information content (AvgIpc) is 2.90. The summed E-state index contributed by atoms with van der Waals surface area (Å²) < 4.78 is 11.8. The molecular formula is C17H22N2O4. The average molecular weight is 318 g/mol. The van der Waals surface area contributed by atoms with Gasteiger partial charge in [0, 0.05) is 30.6 Å². The predicted octanol–water partition coefficient (Wildman–Crippen LogP) is 1.86. The molecule has 2 atom stereocenters. The summed E-state index contributed by atoms with van der Waals surface area (Å²) in [5.74, 6) is 1.70. The molecule has 23 heavy (non-hydrogen) atoms. The SMILES string of the molecule is N[C@H]1COc2cc(OC3CCC4(C3)CN(C(=O)O)C4)ccc2C1. The van der Waals surface area contributed by atoms with Gasteiger partial charge in [0.25, 0.3) is 0 Å². The first kappa shape index (κ1) is 14.6. The highest BCUT2D eigenvalue weighted by atomic mass is 16.5. The largest absolute Gasteiger partial charge is 0.492 e. The van der Waals surface area contributed by atoms with Gasteiger partial charge < -0.3 is 25.2 Å². The number of nitrogens with two attached hydrogens (primary N) is 1. The van der Waals surface area contributed by atoms with Crippen LogP contribution < -0.4 is 15.2 Å². The van der Waals surface area contributed by atoms with Gasteiger partial charge in [-0.15, -0.1) is 0 Å². The zero-order valence-corrected chi connectivity index (χ0v) is 13.0. The van der Waals surface area contributed by atoms with Crippen LogP contribution >= 0.6 is 0 Å². The van der Waals surface area contributed by atoms with Crippen molar-refractivity contribution in [3.05, 3.63) is 23.8 Å². The molecule has 6 nitrogen and oxygen atoms in total. The van der Waals surface area contributed by atoms with Crippen molar-refractivity contribution in [2.24, 2.45) is 11.1 Å². The highest BCUT2D eigenvalue weighted by molar-refractivity contribution is 5.66. The summed E-state index contributed by atoms with van der Waals surface area (Å²) in [5.41, 5.74) is 7.18. The molecule has 1 aromatic carbocycles. The van der Waals surface area contributed by atoms with Crippen LogP contribution in [0, 0.1) is 5.41 Å². The molecule has 124 valence electrons. The van der Waals surface area contributed by atoms with Crippen molar-refractivity contribution in [3.8, 4) is 11.5 Å². The number of rotatable bonds is 2. The Kier molecular flexibility index (Phi) is 3.37. The fourth-order valence-corrected chi connectivity index (χ4v) is 4.08. The molecule has 1 aliphatic carbocycles.